The molecule has 0 amide bonds. The molecule has 112 valence electrons. The Morgan fingerprint density at radius 2 is 2.05 bits per heavy atom. The van der Waals surface area contributed by atoms with E-state index in [0.717, 1.165) is 24.7 Å². The van der Waals surface area contributed by atoms with E-state index in [0.29, 0.717) is 12.0 Å². The van der Waals surface area contributed by atoms with Crippen molar-refractivity contribution >= 4 is 5.95 Å². The molecule has 1 aromatic heterocycles. The summed E-state index contributed by atoms with van der Waals surface area (Å²) in [6, 6.07) is 0.624. The molecule has 4 heteroatoms. The molecular formula is C16H28N4. The van der Waals surface area contributed by atoms with Gasteiger partial charge >= 0.3 is 0 Å². The summed E-state index contributed by atoms with van der Waals surface area (Å²) in [5.74, 6) is 1.55. The van der Waals surface area contributed by atoms with Crippen LogP contribution in [-0.2, 0) is 6.54 Å². The number of rotatable bonds is 6. The lowest BCUT2D eigenvalue weighted by Crippen LogP contribution is -2.30. The van der Waals surface area contributed by atoms with E-state index in [1.165, 1.54) is 31.2 Å². The van der Waals surface area contributed by atoms with Gasteiger partial charge in [0, 0.05) is 37.1 Å². The van der Waals surface area contributed by atoms with Gasteiger partial charge in [-0.1, -0.05) is 26.7 Å². The van der Waals surface area contributed by atoms with Gasteiger partial charge in [-0.2, -0.15) is 0 Å². The summed E-state index contributed by atoms with van der Waals surface area (Å²) >= 11 is 0. The van der Waals surface area contributed by atoms with Gasteiger partial charge in [-0.3, -0.25) is 0 Å². The summed E-state index contributed by atoms with van der Waals surface area (Å²) in [6.07, 6.45) is 7.21. The van der Waals surface area contributed by atoms with Crippen molar-refractivity contribution in [3.63, 3.8) is 0 Å². The molecule has 1 saturated carbocycles. The van der Waals surface area contributed by atoms with Gasteiger partial charge in [0.05, 0.1) is 0 Å². The van der Waals surface area contributed by atoms with Crippen LogP contribution in [0.5, 0.6) is 0 Å². The number of aryl methyl sites for hydroxylation is 1. The fourth-order valence-electron chi connectivity index (χ4n) is 2.77. The Hall–Kier alpha value is -1.16. The highest BCUT2D eigenvalue weighted by Crippen LogP contribution is 2.25. The molecule has 1 aliphatic carbocycles. The van der Waals surface area contributed by atoms with Gasteiger partial charge in [0.1, 0.15) is 0 Å². The van der Waals surface area contributed by atoms with Crippen molar-refractivity contribution in [3.8, 4) is 0 Å². The standard InChI is InChI=1S/C16H28N4/c1-12(2)9-17-10-14-11-18-16(19-13(14)3)20(4)15-7-5-6-8-15/h11-12,15,17H,5-10H2,1-4H3. The molecule has 0 spiro atoms. The summed E-state index contributed by atoms with van der Waals surface area (Å²) in [4.78, 5) is 11.5. The zero-order chi connectivity index (χ0) is 14.5. The van der Waals surface area contributed by atoms with Crippen LogP contribution in [0.3, 0.4) is 0 Å². The molecule has 0 atom stereocenters. The highest BCUT2D eigenvalue weighted by atomic mass is 15.3. The lowest BCUT2D eigenvalue weighted by Gasteiger charge is -2.24. The summed E-state index contributed by atoms with van der Waals surface area (Å²) < 4.78 is 0. The van der Waals surface area contributed by atoms with E-state index in [-0.39, 0.29) is 0 Å². The predicted molar refractivity (Wildman–Crippen MR) is 84.0 cm³/mol. The van der Waals surface area contributed by atoms with E-state index in [4.69, 9.17) is 4.98 Å². The van der Waals surface area contributed by atoms with Crippen LogP contribution in [0.1, 0.15) is 50.8 Å². The van der Waals surface area contributed by atoms with Crippen molar-refractivity contribution in [3.05, 3.63) is 17.5 Å². The summed E-state index contributed by atoms with van der Waals surface area (Å²) in [7, 11) is 2.13. The third kappa shape index (κ3) is 3.92. The average molecular weight is 276 g/mol. The fraction of sp³-hybridized carbons (Fsp3) is 0.750. The topological polar surface area (TPSA) is 41.1 Å². The number of nitrogens with zero attached hydrogens (tertiary/aromatic N) is 3. The molecule has 4 nitrogen and oxygen atoms in total. The molecule has 0 saturated heterocycles. The molecule has 1 heterocycles. The second-order valence-electron chi connectivity index (χ2n) is 6.35. The van der Waals surface area contributed by atoms with Crippen molar-refractivity contribution in [2.75, 3.05) is 18.5 Å². The molecular weight excluding hydrogens is 248 g/mol. The first kappa shape index (κ1) is 15.2. The SMILES string of the molecule is Cc1nc(N(C)C2CCCC2)ncc1CNCC(C)C. The predicted octanol–water partition coefficient (Wildman–Crippen LogP) is 2.91. The zero-order valence-electron chi connectivity index (χ0n) is 13.3. The van der Waals surface area contributed by atoms with Crippen LogP contribution >= 0.6 is 0 Å². The Bertz CT molecular complexity index is 424. The maximum Gasteiger partial charge on any atom is 0.225 e. The number of aromatic nitrogens is 2. The largest absolute Gasteiger partial charge is 0.341 e. The number of hydrogen-bond donors (Lipinski definition) is 1. The Morgan fingerprint density at radius 3 is 2.65 bits per heavy atom. The van der Waals surface area contributed by atoms with E-state index in [1.54, 1.807) is 0 Å². The summed E-state index contributed by atoms with van der Waals surface area (Å²) in [6.45, 7) is 8.41. The van der Waals surface area contributed by atoms with E-state index in [9.17, 15) is 0 Å². The van der Waals surface area contributed by atoms with Gasteiger partial charge in [0.2, 0.25) is 5.95 Å². The molecule has 0 aliphatic heterocycles. The van der Waals surface area contributed by atoms with Crippen LogP contribution in [0.15, 0.2) is 6.20 Å². The molecule has 0 bridgehead atoms. The van der Waals surface area contributed by atoms with E-state index in [2.05, 4.69) is 43.0 Å². The van der Waals surface area contributed by atoms with Crippen LogP contribution < -0.4 is 10.2 Å². The molecule has 2 rings (SSSR count). The minimum atomic E-state index is 0.624. The first-order valence-corrected chi connectivity index (χ1v) is 7.84. The highest BCUT2D eigenvalue weighted by molar-refractivity contribution is 5.33. The van der Waals surface area contributed by atoms with Crippen molar-refractivity contribution in [2.45, 2.75) is 59.0 Å². The monoisotopic (exact) mass is 276 g/mol. The lowest BCUT2D eigenvalue weighted by molar-refractivity contribution is 0.549. The molecule has 0 radical (unpaired) electrons. The Kier molecular flexibility index (Phi) is 5.35. The molecule has 1 aromatic rings. The minimum Gasteiger partial charge on any atom is -0.341 e. The highest BCUT2D eigenvalue weighted by Gasteiger charge is 2.21. The molecule has 0 unspecified atom stereocenters. The maximum atomic E-state index is 4.69. The molecule has 0 aromatic carbocycles. The third-order valence-electron chi connectivity index (χ3n) is 4.12. The Labute approximate surface area is 123 Å². The first-order valence-electron chi connectivity index (χ1n) is 7.84. The van der Waals surface area contributed by atoms with E-state index >= 15 is 0 Å². The average Bonchev–Trinajstić information content (AvgIpc) is 2.93. The first-order chi connectivity index (χ1) is 9.58. The van der Waals surface area contributed by atoms with Gasteiger partial charge in [-0.15, -0.1) is 0 Å². The Morgan fingerprint density at radius 1 is 1.35 bits per heavy atom. The van der Waals surface area contributed by atoms with Crippen LogP contribution in [0.2, 0.25) is 0 Å². The maximum absolute atomic E-state index is 4.69. The second-order valence-corrected chi connectivity index (χ2v) is 6.35. The van der Waals surface area contributed by atoms with Crippen LogP contribution in [0, 0.1) is 12.8 Å². The minimum absolute atomic E-state index is 0.624. The number of hydrogen-bond acceptors (Lipinski definition) is 4. The van der Waals surface area contributed by atoms with Gasteiger partial charge in [-0.25, -0.2) is 9.97 Å². The van der Waals surface area contributed by atoms with Crippen LogP contribution in [0.4, 0.5) is 5.95 Å². The van der Waals surface area contributed by atoms with Crippen molar-refractivity contribution < 1.29 is 0 Å². The number of nitrogens with one attached hydrogen (secondary N) is 1. The summed E-state index contributed by atoms with van der Waals surface area (Å²) in [5.41, 5.74) is 2.30. The van der Waals surface area contributed by atoms with E-state index in [1.807, 2.05) is 6.20 Å². The molecule has 1 aliphatic rings. The smallest absolute Gasteiger partial charge is 0.225 e. The van der Waals surface area contributed by atoms with Gasteiger partial charge in [0.25, 0.3) is 0 Å². The third-order valence-corrected chi connectivity index (χ3v) is 4.12. The Balaban J connectivity index is 1.97. The van der Waals surface area contributed by atoms with Gasteiger partial charge < -0.3 is 10.2 Å². The molecule has 1 N–H and O–H groups in total. The molecule has 1 fully saturated rings. The van der Waals surface area contributed by atoms with Crippen LogP contribution in [-0.4, -0.2) is 29.6 Å². The normalized spacial score (nSPS) is 16.1. The fourth-order valence-corrected chi connectivity index (χ4v) is 2.77. The van der Waals surface area contributed by atoms with Gasteiger partial charge in [-0.05, 0) is 32.2 Å². The van der Waals surface area contributed by atoms with Crippen molar-refractivity contribution in [1.82, 2.24) is 15.3 Å². The van der Waals surface area contributed by atoms with Crippen molar-refractivity contribution in [2.24, 2.45) is 5.92 Å². The quantitative estimate of drug-likeness (QED) is 0.867. The van der Waals surface area contributed by atoms with E-state index < -0.39 is 0 Å². The summed E-state index contributed by atoms with van der Waals surface area (Å²) in [5, 5.41) is 3.45. The van der Waals surface area contributed by atoms with Gasteiger partial charge in [0.15, 0.2) is 0 Å². The number of anilines is 1. The lowest BCUT2D eigenvalue weighted by atomic mass is 10.2. The zero-order valence-corrected chi connectivity index (χ0v) is 13.3. The molecule has 20 heavy (non-hydrogen) atoms. The van der Waals surface area contributed by atoms with Crippen LogP contribution in [0.25, 0.3) is 0 Å². The van der Waals surface area contributed by atoms with Crippen molar-refractivity contribution in [1.29, 1.82) is 0 Å². The second kappa shape index (κ2) is 7.02.